The summed E-state index contributed by atoms with van der Waals surface area (Å²) in [6.07, 6.45) is 0. The predicted octanol–water partition coefficient (Wildman–Crippen LogP) is 2.82. The predicted molar refractivity (Wildman–Crippen MR) is 63.0 cm³/mol. The van der Waals surface area contributed by atoms with Gasteiger partial charge in [0.25, 0.3) is 0 Å². The molecule has 0 aliphatic rings. The molecular formula is C11H12N2OS. The fourth-order valence-corrected chi connectivity index (χ4v) is 2.52. The molecule has 0 bridgehead atoms. The topological polar surface area (TPSA) is 56.1 Å². The lowest BCUT2D eigenvalue weighted by atomic mass is 10.1. The van der Waals surface area contributed by atoms with Crippen LogP contribution in [0.25, 0.3) is 10.1 Å². The van der Waals surface area contributed by atoms with Gasteiger partial charge >= 0.3 is 0 Å². The van der Waals surface area contributed by atoms with Crippen molar-refractivity contribution in [1.82, 2.24) is 5.48 Å². The number of thiophene rings is 1. The summed E-state index contributed by atoms with van der Waals surface area (Å²) in [5.41, 5.74) is 4.36. The average molecular weight is 220 g/mol. The summed E-state index contributed by atoms with van der Waals surface area (Å²) in [5.74, 6) is 0.0477. The standard InChI is InChI=1S/C11H12N2OS/c1-6-3-8-5-10(11(12)13-14)15-9(8)4-7(6)2/h3-5,14H,1-2H3,(H2,12,13). The Labute approximate surface area is 91.8 Å². The maximum Gasteiger partial charge on any atom is 0.159 e. The fourth-order valence-electron chi connectivity index (χ4n) is 1.48. The molecule has 0 fully saturated rings. The molecule has 1 aromatic heterocycles. The first-order chi connectivity index (χ1) is 7.11. The van der Waals surface area contributed by atoms with Crippen molar-refractivity contribution in [3.63, 3.8) is 0 Å². The highest BCUT2D eigenvalue weighted by Gasteiger charge is 2.07. The number of fused-ring (bicyclic) bond motifs is 1. The van der Waals surface area contributed by atoms with Crippen molar-refractivity contribution in [3.8, 4) is 0 Å². The highest BCUT2D eigenvalue weighted by Crippen LogP contribution is 2.28. The Hall–Kier alpha value is -1.39. The first-order valence-electron chi connectivity index (χ1n) is 4.61. The molecule has 2 aromatic rings. The van der Waals surface area contributed by atoms with E-state index in [1.54, 1.807) is 0 Å². The Morgan fingerprint density at radius 3 is 2.60 bits per heavy atom. The molecule has 0 aliphatic heterocycles. The second-order valence-corrected chi connectivity index (χ2v) is 4.66. The second kappa shape index (κ2) is 3.64. The highest BCUT2D eigenvalue weighted by atomic mass is 32.1. The monoisotopic (exact) mass is 220 g/mol. The summed E-state index contributed by atoms with van der Waals surface area (Å²) in [7, 11) is 0. The maximum atomic E-state index is 8.65. The van der Waals surface area contributed by atoms with Gasteiger partial charge in [-0.1, -0.05) is 6.07 Å². The Kier molecular flexibility index (Phi) is 2.46. The largest absolute Gasteiger partial charge is 0.290 e. The molecule has 1 heterocycles. The average Bonchev–Trinajstić information content (AvgIpc) is 2.60. The van der Waals surface area contributed by atoms with Gasteiger partial charge < -0.3 is 0 Å². The van der Waals surface area contributed by atoms with Crippen LogP contribution in [-0.2, 0) is 0 Å². The quantitative estimate of drug-likeness (QED) is 0.393. The molecule has 3 nitrogen and oxygen atoms in total. The molecule has 0 aliphatic carbocycles. The molecule has 0 radical (unpaired) electrons. The van der Waals surface area contributed by atoms with Crippen molar-refractivity contribution in [2.24, 2.45) is 0 Å². The molecule has 2 rings (SSSR count). The number of amidine groups is 1. The van der Waals surface area contributed by atoms with E-state index < -0.39 is 0 Å². The zero-order valence-electron chi connectivity index (χ0n) is 8.59. The van der Waals surface area contributed by atoms with E-state index in [1.165, 1.54) is 22.5 Å². The van der Waals surface area contributed by atoms with Crippen molar-refractivity contribution in [3.05, 3.63) is 34.2 Å². The lowest BCUT2D eigenvalue weighted by molar-refractivity contribution is 0.234. The first-order valence-corrected chi connectivity index (χ1v) is 5.43. The van der Waals surface area contributed by atoms with Crippen LogP contribution in [0.15, 0.2) is 18.2 Å². The summed E-state index contributed by atoms with van der Waals surface area (Å²) in [6.45, 7) is 4.14. The normalized spacial score (nSPS) is 10.6. The minimum atomic E-state index is 0.0477. The van der Waals surface area contributed by atoms with Crippen LogP contribution in [0.1, 0.15) is 16.0 Å². The van der Waals surface area contributed by atoms with E-state index in [1.807, 2.05) is 11.5 Å². The van der Waals surface area contributed by atoms with Gasteiger partial charge in [-0.15, -0.1) is 11.3 Å². The SMILES string of the molecule is Cc1cc2cc(C(=N)NO)sc2cc1C. The van der Waals surface area contributed by atoms with Crippen LogP contribution in [0.5, 0.6) is 0 Å². The Morgan fingerprint density at radius 2 is 1.93 bits per heavy atom. The molecule has 4 heteroatoms. The molecule has 0 saturated heterocycles. The molecular weight excluding hydrogens is 208 g/mol. The summed E-state index contributed by atoms with van der Waals surface area (Å²) in [6, 6.07) is 6.14. The van der Waals surface area contributed by atoms with E-state index in [0.29, 0.717) is 0 Å². The van der Waals surface area contributed by atoms with Crippen LogP contribution in [-0.4, -0.2) is 11.0 Å². The van der Waals surface area contributed by atoms with Crippen molar-refractivity contribution in [2.45, 2.75) is 13.8 Å². The summed E-state index contributed by atoms with van der Waals surface area (Å²) >= 11 is 1.51. The zero-order valence-corrected chi connectivity index (χ0v) is 9.40. The molecule has 15 heavy (non-hydrogen) atoms. The van der Waals surface area contributed by atoms with Crippen LogP contribution in [0.3, 0.4) is 0 Å². The number of hydrogen-bond acceptors (Lipinski definition) is 3. The minimum absolute atomic E-state index is 0.0477. The van der Waals surface area contributed by atoms with Gasteiger partial charge in [-0.3, -0.25) is 16.1 Å². The van der Waals surface area contributed by atoms with E-state index in [4.69, 9.17) is 10.6 Å². The van der Waals surface area contributed by atoms with Gasteiger partial charge in [-0.25, -0.2) is 0 Å². The molecule has 0 atom stereocenters. The van der Waals surface area contributed by atoms with Gasteiger partial charge in [-0.05, 0) is 42.5 Å². The van der Waals surface area contributed by atoms with Gasteiger partial charge in [0.15, 0.2) is 5.84 Å². The van der Waals surface area contributed by atoms with E-state index in [9.17, 15) is 0 Å². The zero-order chi connectivity index (χ0) is 11.0. The molecule has 1 aromatic carbocycles. The van der Waals surface area contributed by atoms with Crippen LogP contribution < -0.4 is 5.48 Å². The Balaban J connectivity index is 2.61. The molecule has 3 N–H and O–H groups in total. The van der Waals surface area contributed by atoms with E-state index in [0.717, 1.165) is 15.0 Å². The van der Waals surface area contributed by atoms with Crippen molar-refractivity contribution in [2.75, 3.05) is 0 Å². The van der Waals surface area contributed by atoms with Gasteiger partial charge in [0, 0.05) is 4.70 Å². The Morgan fingerprint density at radius 1 is 1.27 bits per heavy atom. The molecule has 78 valence electrons. The Bertz CT molecular complexity index is 492. The van der Waals surface area contributed by atoms with Crippen LogP contribution in [0, 0.1) is 19.3 Å². The van der Waals surface area contributed by atoms with Crippen LogP contribution in [0.2, 0.25) is 0 Å². The highest BCUT2D eigenvalue weighted by molar-refractivity contribution is 7.20. The third-order valence-electron chi connectivity index (χ3n) is 2.49. The fraction of sp³-hybridized carbons (Fsp3) is 0.182. The number of aryl methyl sites for hydroxylation is 2. The molecule has 0 amide bonds. The summed E-state index contributed by atoms with van der Waals surface area (Å²) in [5, 5.41) is 17.2. The number of hydrogen-bond donors (Lipinski definition) is 3. The third-order valence-corrected chi connectivity index (χ3v) is 3.61. The number of hydroxylamine groups is 1. The van der Waals surface area contributed by atoms with Gasteiger partial charge in [0.1, 0.15) is 0 Å². The van der Waals surface area contributed by atoms with Crippen molar-refractivity contribution in [1.29, 1.82) is 5.41 Å². The van der Waals surface area contributed by atoms with E-state index in [2.05, 4.69) is 26.0 Å². The van der Waals surface area contributed by atoms with Crippen molar-refractivity contribution >= 4 is 27.3 Å². The van der Waals surface area contributed by atoms with Gasteiger partial charge in [0.05, 0.1) is 4.88 Å². The lowest BCUT2D eigenvalue weighted by Crippen LogP contribution is -2.16. The van der Waals surface area contributed by atoms with E-state index >= 15 is 0 Å². The third kappa shape index (κ3) is 1.73. The van der Waals surface area contributed by atoms with Gasteiger partial charge in [-0.2, -0.15) is 0 Å². The van der Waals surface area contributed by atoms with E-state index in [-0.39, 0.29) is 5.84 Å². The van der Waals surface area contributed by atoms with Gasteiger partial charge in [0.2, 0.25) is 0 Å². The summed E-state index contributed by atoms with van der Waals surface area (Å²) < 4.78 is 1.15. The number of rotatable bonds is 1. The lowest BCUT2D eigenvalue weighted by Gasteiger charge is -1.97. The molecule has 0 saturated carbocycles. The second-order valence-electron chi connectivity index (χ2n) is 3.57. The van der Waals surface area contributed by atoms with Crippen LogP contribution >= 0.6 is 11.3 Å². The number of nitrogens with one attached hydrogen (secondary N) is 2. The first kappa shape index (κ1) is 10.1. The molecule has 0 unspecified atom stereocenters. The smallest absolute Gasteiger partial charge is 0.159 e. The maximum absolute atomic E-state index is 8.65. The number of benzene rings is 1. The van der Waals surface area contributed by atoms with Crippen molar-refractivity contribution < 1.29 is 5.21 Å². The minimum Gasteiger partial charge on any atom is -0.290 e. The molecule has 0 spiro atoms. The summed E-state index contributed by atoms with van der Waals surface area (Å²) in [4.78, 5) is 0.748. The van der Waals surface area contributed by atoms with Crippen LogP contribution in [0.4, 0.5) is 0 Å².